The molecule has 0 bridgehead atoms. The van der Waals surface area contributed by atoms with Crippen molar-refractivity contribution in [3.8, 4) is 5.88 Å². The predicted molar refractivity (Wildman–Crippen MR) is 67.2 cm³/mol. The van der Waals surface area contributed by atoms with Crippen molar-refractivity contribution in [3.05, 3.63) is 12.4 Å². The molecular formula is C12H20N4O. The summed E-state index contributed by atoms with van der Waals surface area (Å²) >= 11 is 0. The van der Waals surface area contributed by atoms with Gasteiger partial charge in [0.05, 0.1) is 6.61 Å². The van der Waals surface area contributed by atoms with Gasteiger partial charge >= 0.3 is 0 Å². The topological polar surface area (TPSA) is 64.3 Å². The molecule has 0 radical (unpaired) electrons. The first-order valence-corrected chi connectivity index (χ1v) is 6.23. The lowest BCUT2D eigenvalue weighted by atomic mass is 9.97. The Labute approximate surface area is 102 Å². The Bertz CT molecular complexity index is 350. The molecule has 1 saturated heterocycles. The van der Waals surface area contributed by atoms with Gasteiger partial charge in [0.25, 0.3) is 0 Å². The summed E-state index contributed by atoms with van der Waals surface area (Å²) in [5.41, 5.74) is 5.69. The minimum atomic E-state index is 0.631. The number of hydrogen-bond donors (Lipinski definition) is 1. The maximum atomic E-state index is 5.69. The molecular weight excluding hydrogens is 216 g/mol. The fourth-order valence-electron chi connectivity index (χ4n) is 2.13. The van der Waals surface area contributed by atoms with Gasteiger partial charge in [0.1, 0.15) is 12.1 Å². The third-order valence-corrected chi connectivity index (χ3v) is 3.19. The Morgan fingerprint density at radius 3 is 2.82 bits per heavy atom. The van der Waals surface area contributed by atoms with Gasteiger partial charge in [-0.2, -0.15) is 0 Å². The van der Waals surface area contributed by atoms with Crippen LogP contribution in [-0.4, -0.2) is 36.2 Å². The summed E-state index contributed by atoms with van der Waals surface area (Å²) in [7, 11) is 0. The molecule has 2 N–H and O–H groups in total. The molecule has 5 heteroatoms. The predicted octanol–water partition coefficient (Wildman–Crippen LogP) is 1.05. The molecule has 1 aliphatic rings. The van der Waals surface area contributed by atoms with E-state index >= 15 is 0 Å². The number of hydrogen-bond acceptors (Lipinski definition) is 5. The van der Waals surface area contributed by atoms with E-state index in [4.69, 9.17) is 10.5 Å². The highest BCUT2D eigenvalue weighted by Gasteiger charge is 2.19. The van der Waals surface area contributed by atoms with Gasteiger partial charge in [-0.15, -0.1) is 0 Å². The van der Waals surface area contributed by atoms with E-state index in [0.717, 1.165) is 38.3 Å². The van der Waals surface area contributed by atoms with E-state index in [2.05, 4.69) is 14.9 Å². The zero-order chi connectivity index (χ0) is 12.1. The van der Waals surface area contributed by atoms with Crippen LogP contribution in [0.5, 0.6) is 5.88 Å². The number of nitrogens with two attached hydrogens (primary N) is 1. The van der Waals surface area contributed by atoms with Crippen LogP contribution >= 0.6 is 0 Å². The Hall–Kier alpha value is -1.36. The van der Waals surface area contributed by atoms with Crippen molar-refractivity contribution in [1.29, 1.82) is 0 Å². The van der Waals surface area contributed by atoms with Crippen molar-refractivity contribution < 1.29 is 4.74 Å². The van der Waals surface area contributed by atoms with E-state index in [1.807, 2.05) is 13.0 Å². The second kappa shape index (κ2) is 5.82. The standard InChI is InChI=1S/C12H20N4O/c1-2-17-12-7-11(14-9-15-12)16-5-3-10(8-13)4-6-16/h7,9-10H,2-6,8,13H2,1H3. The largest absolute Gasteiger partial charge is 0.478 e. The molecule has 0 amide bonds. The molecule has 0 unspecified atom stereocenters. The van der Waals surface area contributed by atoms with Crippen molar-refractivity contribution in [1.82, 2.24) is 9.97 Å². The third-order valence-electron chi connectivity index (χ3n) is 3.19. The summed E-state index contributed by atoms with van der Waals surface area (Å²) in [6, 6.07) is 1.91. The molecule has 1 aliphatic heterocycles. The lowest BCUT2D eigenvalue weighted by Gasteiger charge is -2.32. The van der Waals surface area contributed by atoms with E-state index in [1.165, 1.54) is 0 Å². The first-order valence-electron chi connectivity index (χ1n) is 6.23. The molecule has 0 saturated carbocycles. The second-order valence-electron chi connectivity index (χ2n) is 4.31. The molecule has 0 aliphatic carbocycles. The number of anilines is 1. The average molecular weight is 236 g/mol. The number of aromatic nitrogens is 2. The highest BCUT2D eigenvalue weighted by Crippen LogP contribution is 2.22. The summed E-state index contributed by atoms with van der Waals surface area (Å²) in [4.78, 5) is 10.6. The van der Waals surface area contributed by atoms with Crippen LogP contribution in [0.3, 0.4) is 0 Å². The van der Waals surface area contributed by atoms with Crippen LogP contribution in [0.1, 0.15) is 19.8 Å². The lowest BCUT2D eigenvalue weighted by molar-refractivity contribution is 0.326. The van der Waals surface area contributed by atoms with Gasteiger partial charge < -0.3 is 15.4 Å². The molecule has 0 spiro atoms. The average Bonchev–Trinajstić information content (AvgIpc) is 2.40. The van der Waals surface area contributed by atoms with Gasteiger partial charge in [-0.1, -0.05) is 0 Å². The lowest BCUT2D eigenvalue weighted by Crippen LogP contribution is -2.36. The van der Waals surface area contributed by atoms with Crippen LogP contribution in [0, 0.1) is 5.92 Å². The van der Waals surface area contributed by atoms with Crippen molar-refractivity contribution in [2.75, 3.05) is 31.1 Å². The van der Waals surface area contributed by atoms with Gasteiger partial charge in [0.2, 0.25) is 5.88 Å². The molecule has 0 atom stereocenters. The van der Waals surface area contributed by atoms with Gasteiger partial charge in [-0.25, -0.2) is 9.97 Å². The van der Waals surface area contributed by atoms with Gasteiger partial charge in [0.15, 0.2) is 0 Å². The Morgan fingerprint density at radius 2 is 2.18 bits per heavy atom. The molecule has 2 heterocycles. The zero-order valence-electron chi connectivity index (χ0n) is 10.3. The minimum absolute atomic E-state index is 0.631. The van der Waals surface area contributed by atoms with E-state index in [1.54, 1.807) is 6.33 Å². The number of rotatable bonds is 4. The maximum Gasteiger partial charge on any atom is 0.218 e. The molecule has 5 nitrogen and oxygen atoms in total. The summed E-state index contributed by atoms with van der Waals surface area (Å²) < 4.78 is 5.38. The fraction of sp³-hybridized carbons (Fsp3) is 0.667. The Kier molecular flexibility index (Phi) is 4.14. The summed E-state index contributed by atoms with van der Waals surface area (Å²) in [6.45, 7) is 5.41. The quantitative estimate of drug-likeness (QED) is 0.846. The fourth-order valence-corrected chi connectivity index (χ4v) is 2.13. The van der Waals surface area contributed by atoms with Crippen molar-refractivity contribution in [2.24, 2.45) is 11.7 Å². The van der Waals surface area contributed by atoms with Crippen LogP contribution in [0.15, 0.2) is 12.4 Å². The Balaban J connectivity index is 2.00. The number of nitrogens with zero attached hydrogens (tertiary/aromatic N) is 3. The van der Waals surface area contributed by atoms with E-state index in [-0.39, 0.29) is 0 Å². The summed E-state index contributed by atoms with van der Waals surface area (Å²) in [6.07, 6.45) is 3.85. The molecule has 2 rings (SSSR count). The zero-order valence-corrected chi connectivity index (χ0v) is 10.3. The van der Waals surface area contributed by atoms with Crippen molar-refractivity contribution in [3.63, 3.8) is 0 Å². The highest BCUT2D eigenvalue weighted by atomic mass is 16.5. The number of piperidine rings is 1. The molecule has 1 aromatic heterocycles. The first kappa shape index (κ1) is 12.1. The normalized spacial score (nSPS) is 17.2. The second-order valence-corrected chi connectivity index (χ2v) is 4.31. The van der Waals surface area contributed by atoms with Crippen LogP contribution in [0.25, 0.3) is 0 Å². The van der Waals surface area contributed by atoms with E-state index in [9.17, 15) is 0 Å². The SMILES string of the molecule is CCOc1cc(N2CCC(CN)CC2)ncn1. The Morgan fingerprint density at radius 1 is 1.41 bits per heavy atom. The smallest absolute Gasteiger partial charge is 0.218 e. The number of ether oxygens (including phenoxy) is 1. The van der Waals surface area contributed by atoms with E-state index < -0.39 is 0 Å². The van der Waals surface area contributed by atoms with Crippen molar-refractivity contribution in [2.45, 2.75) is 19.8 Å². The maximum absolute atomic E-state index is 5.69. The summed E-state index contributed by atoms with van der Waals surface area (Å²) in [5.74, 6) is 2.27. The third kappa shape index (κ3) is 3.06. The monoisotopic (exact) mass is 236 g/mol. The molecule has 0 aromatic carbocycles. The van der Waals surface area contributed by atoms with Gasteiger partial charge in [-0.05, 0) is 32.2 Å². The highest BCUT2D eigenvalue weighted by molar-refractivity contribution is 5.41. The van der Waals surface area contributed by atoms with Crippen LogP contribution in [0.4, 0.5) is 5.82 Å². The molecule has 17 heavy (non-hydrogen) atoms. The van der Waals surface area contributed by atoms with Crippen molar-refractivity contribution >= 4 is 5.82 Å². The van der Waals surface area contributed by atoms with Crippen LogP contribution in [0.2, 0.25) is 0 Å². The van der Waals surface area contributed by atoms with Crippen LogP contribution in [-0.2, 0) is 0 Å². The molecule has 1 aromatic rings. The van der Waals surface area contributed by atoms with Crippen LogP contribution < -0.4 is 15.4 Å². The first-order chi connectivity index (χ1) is 8.33. The van der Waals surface area contributed by atoms with E-state index in [0.29, 0.717) is 18.4 Å². The van der Waals surface area contributed by atoms with Gasteiger partial charge in [-0.3, -0.25) is 0 Å². The van der Waals surface area contributed by atoms with Gasteiger partial charge in [0, 0.05) is 19.2 Å². The molecule has 94 valence electrons. The summed E-state index contributed by atoms with van der Waals surface area (Å²) in [5, 5.41) is 0. The molecule has 1 fully saturated rings. The minimum Gasteiger partial charge on any atom is -0.478 e.